The number of hydrogen-bond acceptors (Lipinski definition) is 5. The summed E-state index contributed by atoms with van der Waals surface area (Å²) in [6.07, 6.45) is 3.59. The molecule has 0 radical (unpaired) electrons. The summed E-state index contributed by atoms with van der Waals surface area (Å²) in [5.41, 5.74) is 1.63. The van der Waals surface area contributed by atoms with E-state index in [0.29, 0.717) is 34.6 Å². The molecule has 0 bridgehead atoms. The van der Waals surface area contributed by atoms with E-state index in [1.807, 2.05) is 0 Å². The van der Waals surface area contributed by atoms with Crippen molar-refractivity contribution in [2.45, 2.75) is 13.0 Å². The van der Waals surface area contributed by atoms with Crippen LogP contribution in [0.15, 0.2) is 54.6 Å². The molecule has 6 nitrogen and oxygen atoms in total. The second-order valence-electron chi connectivity index (χ2n) is 6.77. The van der Waals surface area contributed by atoms with Crippen LogP contribution < -0.4 is 14.8 Å². The summed E-state index contributed by atoms with van der Waals surface area (Å²) in [6.45, 7) is 3.77. The van der Waals surface area contributed by atoms with Crippen molar-refractivity contribution in [3.05, 3.63) is 77.1 Å². The first-order valence-electron chi connectivity index (χ1n) is 9.38. The molecule has 31 heavy (non-hydrogen) atoms. The first-order valence-corrected chi connectivity index (χ1v) is 9.79. The third-order valence-electron chi connectivity index (χ3n) is 4.68. The summed E-state index contributed by atoms with van der Waals surface area (Å²) >= 11 is 4.96. The van der Waals surface area contributed by atoms with Crippen molar-refractivity contribution < 1.29 is 23.5 Å². The Kier molecular flexibility index (Phi) is 6.81. The standard InChI is InChI=1S/C23H21FN2O4S/c1-4-7-15-10-14(11-17-21(27)25-23(31)26(2)22(17)28)12-19(29-3)20(15)30-13-16-8-5-6-9-18(16)24/h4-6,8-12H,1,7,13H2,2-3H3,(H,25,27,31)/b17-11+. The summed E-state index contributed by atoms with van der Waals surface area (Å²) in [7, 11) is 2.96. The zero-order valence-electron chi connectivity index (χ0n) is 17.1. The van der Waals surface area contributed by atoms with Gasteiger partial charge in [0, 0.05) is 18.2 Å². The van der Waals surface area contributed by atoms with Gasteiger partial charge >= 0.3 is 0 Å². The van der Waals surface area contributed by atoms with Crippen LogP contribution in [0.3, 0.4) is 0 Å². The first-order chi connectivity index (χ1) is 14.8. The maximum Gasteiger partial charge on any atom is 0.265 e. The first kappa shape index (κ1) is 22.2. The quantitative estimate of drug-likeness (QED) is 0.309. The number of thiocarbonyl (C=S) groups is 1. The van der Waals surface area contributed by atoms with E-state index in [0.717, 1.165) is 0 Å². The fourth-order valence-electron chi connectivity index (χ4n) is 3.07. The Balaban J connectivity index is 1.99. The molecule has 1 N–H and O–H groups in total. The summed E-state index contributed by atoms with van der Waals surface area (Å²) < 4.78 is 25.3. The average Bonchev–Trinajstić information content (AvgIpc) is 2.75. The van der Waals surface area contributed by atoms with E-state index in [4.69, 9.17) is 21.7 Å². The van der Waals surface area contributed by atoms with E-state index in [1.165, 1.54) is 31.2 Å². The van der Waals surface area contributed by atoms with Crippen LogP contribution in [0, 0.1) is 5.82 Å². The van der Waals surface area contributed by atoms with Crippen LogP contribution in [0.5, 0.6) is 11.5 Å². The van der Waals surface area contributed by atoms with Crippen LogP contribution in [-0.2, 0) is 22.6 Å². The second kappa shape index (κ2) is 9.53. The molecule has 0 spiro atoms. The molecule has 0 unspecified atom stereocenters. The molecule has 0 saturated carbocycles. The van der Waals surface area contributed by atoms with Gasteiger partial charge in [0.1, 0.15) is 18.0 Å². The smallest absolute Gasteiger partial charge is 0.265 e. The number of amides is 2. The fourth-order valence-corrected chi connectivity index (χ4v) is 3.24. The number of nitrogens with one attached hydrogen (secondary N) is 1. The minimum atomic E-state index is -0.572. The number of ether oxygens (including phenoxy) is 2. The fraction of sp³-hybridized carbons (Fsp3) is 0.174. The Labute approximate surface area is 185 Å². The van der Waals surface area contributed by atoms with Gasteiger partial charge in [-0.3, -0.25) is 19.8 Å². The van der Waals surface area contributed by atoms with E-state index in [-0.39, 0.29) is 23.1 Å². The highest BCUT2D eigenvalue weighted by molar-refractivity contribution is 7.80. The number of halogens is 1. The van der Waals surface area contributed by atoms with Gasteiger partial charge in [0.2, 0.25) is 0 Å². The maximum atomic E-state index is 14.0. The molecule has 0 aromatic heterocycles. The lowest BCUT2D eigenvalue weighted by Gasteiger charge is -2.25. The van der Waals surface area contributed by atoms with Crippen molar-refractivity contribution in [2.24, 2.45) is 0 Å². The number of carbonyl (C=O) groups excluding carboxylic acids is 2. The number of allylic oxidation sites excluding steroid dienone is 1. The largest absolute Gasteiger partial charge is 0.493 e. The minimum absolute atomic E-state index is 0.0107. The summed E-state index contributed by atoms with van der Waals surface area (Å²) in [5, 5.41) is 2.52. The van der Waals surface area contributed by atoms with Crippen molar-refractivity contribution in [1.29, 1.82) is 0 Å². The van der Waals surface area contributed by atoms with Crippen LogP contribution in [0.4, 0.5) is 4.39 Å². The molecule has 160 valence electrons. The number of nitrogens with zero attached hydrogens (tertiary/aromatic N) is 1. The van der Waals surface area contributed by atoms with Gasteiger partial charge in [-0.05, 0) is 48.5 Å². The lowest BCUT2D eigenvalue weighted by molar-refractivity contribution is -0.128. The monoisotopic (exact) mass is 440 g/mol. The van der Waals surface area contributed by atoms with Gasteiger partial charge in [-0.25, -0.2) is 4.39 Å². The van der Waals surface area contributed by atoms with Crippen molar-refractivity contribution in [3.63, 3.8) is 0 Å². The van der Waals surface area contributed by atoms with E-state index in [9.17, 15) is 14.0 Å². The van der Waals surface area contributed by atoms with Gasteiger partial charge in [-0.1, -0.05) is 24.3 Å². The van der Waals surface area contributed by atoms with Gasteiger partial charge in [0.05, 0.1) is 7.11 Å². The number of benzene rings is 2. The SMILES string of the molecule is C=CCc1cc(/C=C2\C(=O)NC(=S)N(C)C2=O)cc(OC)c1OCc1ccccc1F. The van der Waals surface area contributed by atoms with E-state index >= 15 is 0 Å². The molecule has 1 aliphatic rings. The number of hydrogen-bond donors (Lipinski definition) is 1. The molecule has 0 aliphatic carbocycles. The van der Waals surface area contributed by atoms with Gasteiger partial charge in [-0.15, -0.1) is 6.58 Å². The highest BCUT2D eigenvalue weighted by Crippen LogP contribution is 2.35. The van der Waals surface area contributed by atoms with Gasteiger partial charge in [-0.2, -0.15) is 0 Å². The highest BCUT2D eigenvalue weighted by Gasteiger charge is 2.30. The Morgan fingerprint density at radius 3 is 2.65 bits per heavy atom. The van der Waals surface area contributed by atoms with E-state index in [1.54, 1.807) is 36.4 Å². The number of rotatable bonds is 7. The molecule has 1 heterocycles. The third-order valence-corrected chi connectivity index (χ3v) is 5.06. The van der Waals surface area contributed by atoms with Crippen LogP contribution >= 0.6 is 12.2 Å². The van der Waals surface area contributed by atoms with Gasteiger partial charge < -0.3 is 9.47 Å². The van der Waals surface area contributed by atoms with Crippen LogP contribution in [0.2, 0.25) is 0 Å². The molecule has 1 fully saturated rings. The Morgan fingerprint density at radius 2 is 1.97 bits per heavy atom. The summed E-state index contributed by atoms with van der Waals surface area (Å²) in [6, 6.07) is 9.75. The van der Waals surface area contributed by atoms with Crippen molar-refractivity contribution in [3.8, 4) is 11.5 Å². The van der Waals surface area contributed by atoms with Crippen LogP contribution in [0.25, 0.3) is 6.08 Å². The number of likely N-dealkylation sites (N-methyl/N-ethyl adjacent to an activating group) is 1. The van der Waals surface area contributed by atoms with Crippen molar-refractivity contribution in [1.82, 2.24) is 10.2 Å². The van der Waals surface area contributed by atoms with Gasteiger partial charge in [0.25, 0.3) is 11.8 Å². The number of methoxy groups -OCH3 is 1. The predicted molar refractivity (Wildman–Crippen MR) is 119 cm³/mol. The van der Waals surface area contributed by atoms with Crippen molar-refractivity contribution in [2.75, 3.05) is 14.2 Å². The summed E-state index contributed by atoms with van der Waals surface area (Å²) in [5.74, 6) is -0.618. The maximum absolute atomic E-state index is 14.0. The van der Waals surface area contributed by atoms with Gasteiger partial charge in [0.15, 0.2) is 16.6 Å². The zero-order chi connectivity index (χ0) is 22.5. The lowest BCUT2D eigenvalue weighted by Crippen LogP contribution is -2.52. The Bertz CT molecular complexity index is 1100. The lowest BCUT2D eigenvalue weighted by atomic mass is 10.0. The molecular formula is C23H21FN2O4S. The summed E-state index contributed by atoms with van der Waals surface area (Å²) in [4.78, 5) is 25.9. The molecule has 1 saturated heterocycles. The van der Waals surface area contributed by atoms with E-state index in [2.05, 4.69) is 11.9 Å². The third kappa shape index (κ3) is 4.80. The topological polar surface area (TPSA) is 67.9 Å². The predicted octanol–water partition coefficient (Wildman–Crippen LogP) is 3.40. The normalized spacial score (nSPS) is 15.1. The van der Waals surface area contributed by atoms with Crippen LogP contribution in [-0.4, -0.2) is 36.0 Å². The zero-order valence-corrected chi connectivity index (χ0v) is 17.9. The molecule has 2 aromatic carbocycles. The minimum Gasteiger partial charge on any atom is -0.493 e. The Morgan fingerprint density at radius 1 is 1.23 bits per heavy atom. The molecule has 0 atom stereocenters. The molecule has 8 heteroatoms. The Hall–Kier alpha value is -3.52. The molecule has 1 aliphatic heterocycles. The molecule has 2 amide bonds. The molecule has 3 rings (SSSR count). The molecule has 2 aromatic rings. The van der Waals surface area contributed by atoms with E-state index < -0.39 is 11.8 Å². The second-order valence-corrected chi connectivity index (χ2v) is 7.15. The number of carbonyl (C=O) groups is 2. The van der Waals surface area contributed by atoms with Crippen LogP contribution in [0.1, 0.15) is 16.7 Å². The molecular weight excluding hydrogens is 419 g/mol. The average molecular weight is 440 g/mol. The van der Waals surface area contributed by atoms with Crippen molar-refractivity contribution >= 4 is 35.2 Å². The highest BCUT2D eigenvalue weighted by atomic mass is 32.1.